The van der Waals surface area contributed by atoms with Gasteiger partial charge in [-0.05, 0) is 31.4 Å². The number of carbonyl (C=O) groups is 1. The fourth-order valence-corrected chi connectivity index (χ4v) is 1.66. The van der Waals surface area contributed by atoms with Crippen molar-refractivity contribution in [3.8, 4) is 5.75 Å². The lowest BCUT2D eigenvalue weighted by Gasteiger charge is -2.10. The van der Waals surface area contributed by atoms with Gasteiger partial charge < -0.3 is 20.1 Å². The van der Waals surface area contributed by atoms with Crippen LogP contribution in [0, 0.1) is 6.92 Å². The minimum absolute atomic E-state index is 0.142. The van der Waals surface area contributed by atoms with Crippen LogP contribution in [0.15, 0.2) is 24.3 Å². The topological polar surface area (TPSA) is 59.6 Å². The first-order valence-electron chi connectivity index (χ1n) is 6.93. The van der Waals surface area contributed by atoms with Crippen LogP contribution in [0.5, 0.6) is 5.75 Å². The Morgan fingerprint density at radius 3 is 2.40 bits per heavy atom. The van der Waals surface area contributed by atoms with E-state index in [1.807, 2.05) is 31.2 Å². The summed E-state index contributed by atoms with van der Waals surface area (Å²) in [5, 5.41) is 5.55. The molecule has 0 spiro atoms. The Hall–Kier alpha value is -1.75. The van der Waals surface area contributed by atoms with Crippen molar-refractivity contribution >= 4 is 6.03 Å². The number of hydrogen-bond donors (Lipinski definition) is 2. The fraction of sp³-hybridized carbons (Fsp3) is 0.533. The van der Waals surface area contributed by atoms with Gasteiger partial charge in [0.15, 0.2) is 0 Å². The van der Waals surface area contributed by atoms with Crippen molar-refractivity contribution in [2.24, 2.45) is 0 Å². The van der Waals surface area contributed by atoms with E-state index in [4.69, 9.17) is 9.47 Å². The molecule has 5 nitrogen and oxygen atoms in total. The van der Waals surface area contributed by atoms with Crippen LogP contribution in [0.25, 0.3) is 0 Å². The van der Waals surface area contributed by atoms with Crippen molar-refractivity contribution in [2.45, 2.75) is 19.8 Å². The molecule has 2 amide bonds. The molecule has 20 heavy (non-hydrogen) atoms. The summed E-state index contributed by atoms with van der Waals surface area (Å²) in [7, 11) is 1.65. The number of benzene rings is 1. The number of urea groups is 1. The Morgan fingerprint density at radius 1 is 1.10 bits per heavy atom. The van der Waals surface area contributed by atoms with E-state index in [0.717, 1.165) is 24.2 Å². The average Bonchev–Trinajstić information content (AvgIpc) is 2.45. The molecule has 1 aromatic rings. The quantitative estimate of drug-likeness (QED) is 0.681. The molecule has 0 bridgehead atoms. The summed E-state index contributed by atoms with van der Waals surface area (Å²) in [6.45, 7) is 4.49. The van der Waals surface area contributed by atoms with E-state index in [1.54, 1.807) is 7.11 Å². The summed E-state index contributed by atoms with van der Waals surface area (Å²) in [5.41, 5.74) is 1.12. The highest BCUT2D eigenvalue weighted by molar-refractivity contribution is 5.73. The molecule has 2 N–H and O–H groups in total. The van der Waals surface area contributed by atoms with Crippen molar-refractivity contribution in [3.05, 3.63) is 29.8 Å². The van der Waals surface area contributed by atoms with Crippen molar-refractivity contribution in [3.63, 3.8) is 0 Å². The molecule has 0 unspecified atom stereocenters. The van der Waals surface area contributed by atoms with Crippen LogP contribution in [0.3, 0.4) is 0 Å². The summed E-state index contributed by atoms with van der Waals surface area (Å²) in [6.07, 6.45) is 1.60. The van der Waals surface area contributed by atoms with Gasteiger partial charge in [0.2, 0.25) is 0 Å². The number of carbonyl (C=O) groups excluding carboxylic acids is 1. The maximum atomic E-state index is 11.4. The van der Waals surface area contributed by atoms with Gasteiger partial charge in [-0.2, -0.15) is 0 Å². The average molecular weight is 280 g/mol. The fourth-order valence-electron chi connectivity index (χ4n) is 1.66. The Balaban J connectivity index is 2.02. The molecular formula is C15H24N2O3. The van der Waals surface area contributed by atoms with Crippen LogP contribution in [0.2, 0.25) is 0 Å². The van der Waals surface area contributed by atoms with Gasteiger partial charge in [-0.1, -0.05) is 18.2 Å². The second-order valence-corrected chi connectivity index (χ2v) is 4.50. The molecule has 1 rings (SSSR count). The Bertz CT molecular complexity index is 396. The lowest BCUT2D eigenvalue weighted by molar-refractivity contribution is 0.193. The number of hydrogen-bond acceptors (Lipinski definition) is 3. The molecule has 0 saturated heterocycles. The number of aryl methyl sites for hydroxylation is 1. The zero-order valence-corrected chi connectivity index (χ0v) is 12.3. The van der Waals surface area contributed by atoms with Gasteiger partial charge in [0.1, 0.15) is 5.75 Å². The maximum absolute atomic E-state index is 11.4. The molecule has 0 fully saturated rings. The first-order valence-corrected chi connectivity index (χ1v) is 6.93. The molecular weight excluding hydrogens is 256 g/mol. The zero-order valence-electron chi connectivity index (χ0n) is 12.3. The van der Waals surface area contributed by atoms with Crippen molar-refractivity contribution in [2.75, 3.05) is 33.4 Å². The zero-order chi connectivity index (χ0) is 14.6. The van der Waals surface area contributed by atoms with Gasteiger partial charge in [0, 0.05) is 26.8 Å². The van der Waals surface area contributed by atoms with E-state index in [0.29, 0.717) is 26.3 Å². The Morgan fingerprint density at radius 2 is 1.75 bits per heavy atom. The van der Waals surface area contributed by atoms with Crippen LogP contribution in [0.4, 0.5) is 4.79 Å². The highest BCUT2D eigenvalue weighted by Gasteiger charge is 2.00. The largest absolute Gasteiger partial charge is 0.493 e. The molecule has 0 heterocycles. The summed E-state index contributed by atoms with van der Waals surface area (Å²) in [6, 6.07) is 7.76. The molecule has 0 aliphatic heterocycles. The van der Waals surface area contributed by atoms with E-state index in [2.05, 4.69) is 10.6 Å². The van der Waals surface area contributed by atoms with E-state index >= 15 is 0 Å². The van der Waals surface area contributed by atoms with Gasteiger partial charge in [-0.15, -0.1) is 0 Å². The Labute approximate surface area is 120 Å². The second-order valence-electron chi connectivity index (χ2n) is 4.50. The van der Waals surface area contributed by atoms with Gasteiger partial charge in [-0.25, -0.2) is 4.79 Å². The molecule has 0 atom stereocenters. The predicted octanol–water partition coefficient (Wildman–Crippen LogP) is 2.10. The maximum Gasteiger partial charge on any atom is 0.314 e. The summed E-state index contributed by atoms with van der Waals surface area (Å²) >= 11 is 0. The molecule has 112 valence electrons. The molecule has 0 aliphatic carbocycles. The first kappa shape index (κ1) is 16.3. The number of rotatable bonds is 9. The number of ether oxygens (including phenoxy) is 2. The smallest absolute Gasteiger partial charge is 0.314 e. The normalized spacial score (nSPS) is 10.1. The number of nitrogens with one attached hydrogen (secondary N) is 2. The summed E-state index contributed by atoms with van der Waals surface area (Å²) < 4.78 is 10.5. The van der Waals surface area contributed by atoms with Crippen molar-refractivity contribution < 1.29 is 14.3 Å². The van der Waals surface area contributed by atoms with E-state index < -0.39 is 0 Å². The lowest BCUT2D eigenvalue weighted by atomic mass is 10.2. The second kappa shape index (κ2) is 10.1. The van der Waals surface area contributed by atoms with E-state index in [1.165, 1.54) is 0 Å². The lowest BCUT2D eigenvalue weighted by Crippen LogP contribution is -2.37. The van der Waals surface area contributed by atoms with Crippen LogP contribution in [0.1, 0.15) is 18.4 Å². The Kier molecular flexibility index (Phi) is 8.22. The molecule has 1 aromatic carbocycles. The number of amides is 2. The third kappa shape index (κ3) is 6.99. The van der Waals surface area contributed by atoms with Gasteiger partial charge >= 0.3 is 6.03 Å². The first-order chi connectivity index (χ1) is 9.74. The number of para-hydroxylation sites is 1. The third-order valence-corrected chi connectivity index (χ3v) is 2.77. The summed E-state index contributed by atoms with van der Waals surface area (Å²) in [5.74, 6) is 0.900. The van der Waals surface area contributed by atoms with E-state index in [9.17, 15) is 4.79 Å². The molecule has 0 radical (unpaired) electrons. The van der Waals surface area contributed by atoms with Crippen LogP contribution < -0.4 is 15.4 Å². The van der Waals surface area contributed by atoms with Crippen LogP contribution in [-0.2, 0) is 4.74 Å². The highest BCUT2D eigenvalue weighted by Crippen LogP contribution is 2.15. The predicted molar refractivity (Wildman–Crippen MR) is 79.2 cm³/mol. The molecule has 0 saturated carbocycles. The van der Waals surface area contributed by atoms with Crippen molar-refractivity contribution in [1.29, 1.82) is 0 Å². The summed E-state index contributed by atoms with van der Waals surface area (Å²) in [4.78, 5) is 11.4. The van der Waals surface area contributed by atoms with Gasteiger partial charge in [0.25, 0.3) is 0 Å². The standard InChI is InChI=1S/C15H24N2O3/c1-13-7-3-4-8-14(13)20-12-6-10-17-15(18)16-9-5-11-19-2/h3-4,7-8H,5-6,9-12H2,1-2H3,(H2,16,17,18). The molecule has 0 aromatic heterocycles. The van der Waals surface area contributed by atoms with E-state index in [-0.39, 0.29) is 6.03 Å². The van der Waals surface area contributed by atoms with Crippen molar-refractivity contribution in [1.82, 2.24) is 10.6 Å². The monoisotopic (exact) mass is 280 g/mol. The highest BCUT2D eigenvalue weighted by atomic mass is 16.5. The minimum Gasteiger partial charge on any atom is -0.493 e. The van der Waals surface area contributed by atoms with Gasteiger partial charge in [0.05, 0.1) is 6.61 Å². The number of methoxy groups -OCH3 is 1. The molecule has 0 aliphatic rings. The third-order valence-electron chi connectivity index (χ3n) is 2.77. The molecule has 5 heteroatoms. The minimum atomic E-state index is -0.142. The SMILES string of the molecule is COCCCNC(=O)NCCCOc1ccccc1C. The van der Waals surface area contributed by atoms with Crippen LogP contribution >= 0.6 is 0 Å². The van der Waals surface area contributed by atoms with Crippen LogP contribution in [-0.4, -0.2) is 39.4 Å². The van der Waals surface area contributed by atoms with Gasteiger partial charge in [-0.3, -0.25) is 0 Å².